The molecule has 9 heteroatoms. The van der Waals surface area contributed by atoms with E-state index in [4.69, 9.17) is 10.5 Å². The van der Waals surface area contributed by atoms with Crippen LogP contribution in [0.1, 0.15) is 16.8 Å². The minimum Gasteiger partial charge on any atom is -0.474 e. The first-order valence-electron chi connectivity index (χ1n) is 7.21. The lowest BCUT2D eigenvalue weighted by Gasteiger charge is -2.34. The van der Waals surface area contributed by atoms with Crippen LogP contribution in [0, 0.1) is 0 Å². The number of ether oxygens (including phenoxy) is 1. The third-order valence-corrected chi connectivity index (χ3v) is 4.11. The van der Waals surface area contributed by atoms with E-state index in [1.165, 1.54) is 4.90 Å². The van der Waals surface area contributed by atoms with Gasteiger partial charge in [0.25, 0.3) is 11.8 Å². The van der Waals surface area contributed by atoms with E-state index in [1.54, 1.807) is 32.3 Å². The summed E-state index contributed by atoms with van der Waals surface area (Å²) >= 11 is 0. The molecule has 1 spiro atoms. The fraction of sp³-hybridized carbons (Fsp3) is 0.400. The second-order valence-corrected chi connectivity index (χ2v) is 6.00. The molecule has 1 aromatic carbocycles. The average Bonchev–Trinajstić information content (AvgIpc) is 2.92. The van der Waals surface area contributed by atoms with Gasteiger partial charge in [-0.05, 0) is 18.2 Å². The first-order chi connectivity index (χ1) is 10.8. The maximum Gasteiger partial charge on any atom is 0.270 e. The van der Waals surface area contributed by atoms with Gasteiger partial charge < -0.3 is 26.0 Å². The number of fused-ring (bicyclic) bond motifs is 1. The molecule has 1 fully saturated rings. The van der Waals surface area contributed by atoms with Gasteiger partial charge in [-0.25, -0.2) is 0 Å². The summed E-state index contributed by atoms with van der Waals surface area (Å²) in [4.78, 5) is 37.2. The Morgan fingerprint density at radius 1 is 1.38 bits per heavy atom. The standard InChI is InChI=1S/C15H18N4O4.ClH/c1-19(2)13(21)8-3-4-9-11(5-8)23-15(14(22)18-9)6-10(12(16)20)17-7-15;/h3-5,10,17H,6-7H2,1-2H3,(H2,16,20)(H,18,22);1H/t10-,15+;/m0./s1. The zero-order valence-corrected chi connectivity index (χ0v) is 14.1. The van der Waals surface area contributed by atoms with Crippen LogP contribution in [0.4, 0.5) is 5.69 Å². The van der Waals surface area contributed by atoms with Crippen LogP contribution in [0.25, 0.3) is 0 Å². The number of hydrogen-bond acceptors (Lipinski definition) is 5. The summed E-state index contributed by atoms with van der Waals surface area (Å²) in [6.07, 6.45) is 0.152. The number of carbonyl (C=O) groups excluding carboxylic acids is 3. The van der Waals surface area contributed by atoms with Gasteiger partial charge in [-0.1, -0.05) is 0 Å². The van der Waals surface area contributed by atoms with Crippen molar-refractivity contribution in [2.45, 2.75) is 18.1 Å². The molecule has 0 radical (unpaired) electrons. The summed E-state index contributed by atoms with van der Waals surface area (Å²) in [5.74, 6) is -0.611. The molecule has 8 nitrogen and oxygen atoms in total. The average molecular weight is 355 g/mol. The number of nitrogens with one attached hydrogen (secondary N) is 2. The van der Waals surface area contributed by atoms with Gasteiger partial charge in [0.1, 0.15) is 5.75 Å². The Kier molecular flexibility index (Phi) is 4.73. The molecular weight excluding hydrogens is 336 g/mol. The van der Waals surface area contributed by atoms with Crippen molar-refractivity contribution in [3.8, 4) is 5.75 Å². The zero-order valence-electron chi connectivity index (χ0n) is 13.3. The van der Waals surface area contributed by atoms with Gasteiger partial charge in [0, 0.05) is 32.6 Å². The van der Waals surface area contributed by atoms with Gasteiger partial charge in [0.2, 0.25) is 11.5 Å². The molecule has 0 bridgehead atoms. The highest BCUT2D eigenvalue weighted by atomic mass is 35.5. The molecule has 4 N–H and O–H groups in total. The predicted molar refractivity (Wildman–Crippen MR) is 89.3 cm³/mol. The van der Waals surface area contributed by atoms with Crippen LogP contribution >= 0.6 is 12.4 Å². The summed E-state index contributed by atoms with van der Waals surface area (Å²) in [5.41, 5.74) is 5.05. The largest absolute Gasteiger partial charge is 0.474 e. The highest BCUT2D eigenvalue weighted by Gasteiger charge is 2.51. The molecule has 1 aromatic rings. The van der Waals surface area contributed by atoms with E-state index in [0.717, 1.165) is 0 Å². The van der Waals surface area contributed by atoms with Crippen LogP contribution in [-0.2, 0) is 9.59 Å². The van der Waals surface area contributed by atoms with Crippen LogP contribution in [0.5, 0.6) is 5.75 Å². The number of benzene rings is 1. The lowest BCUT2D eigenvalue weighted by atomic mass is 9.96. The fourth-order valence-electron chi connectivity index (χ4n) is 2.81. The van der Waals surface area contributed by atoms with E-state index < -0.39 is 17.6 Å². The van der Waals surface area contributed by atoms with Gasteiger partial charge in [0.15, 0.2) is 0 Å². The zero-order chi connectivity index (χ0) is 16.8. The Labute approximate surface area is 145 Å². The summed E-state index contributed by atoms with van der Waals surface area (Å²) in [6, 6.07) is 4.23. The Balaban J connectivity index is 0.00000208. The molecule has 2 aliphatic rings. The second-order valence-electron chi connectivity index (χ2n) is 6.00. The molecule has 2 heterocycles. The minimum absolute atomic E-state index is 0. The van der Waals surface area contributed by atoms with Crippen LogP contribution in [0.15, 0.2) is 18.2 Å². The number of primary amides is 1. The number of halogens is 1. The number of rotatable bonds is 2. The van der Waals surface area contributed by atoms with Crippen molar-refractivity contribution < 1.29 is 19.1 Å². The van der Waals surface area contributed by atoms with Gasteiger partial charge in [-0.2, -0.15) is 0 Å². The highest BCUT2D eigenvalue weighted by molar-refractivity contribution is 6.03. The van der Waals surface area contributed by atoms with E-state index in [0.29, 0.717) is 17.0 Å². The quantitative estimate of drug-likeness (QED) is 0.676. The molecule has 0 aliphatic carbocycles. The number of carbonyl (C=O) groups is 3. The molecule has 2 aliphatic heterocycles. The van der Waals surface area contributed by atoms with Gasteiger partial charge in [-0.15, -0.1) is 12.4 Å². The number of nitrogens with zero attached hydrogens (tertiary/aromatic N) is 1. The van der Waals surface area contributed by atoms with E-state index in [2.05, 4.69) is 10.6 Å². The Morgan fingerprint density at radius 2 is 2.08 bits per heavy atom. The molecule has 3 rings (SSSR count). The van der Waals surface area contributed by atoms with Gasteiger partial charge in [-0.3, -0.25) is 14.4 Å². The molecule has 1 saturated heterocycles. The molecular formula is C15H19ClN4O4. The van der Waals surface area contributed by atoms with Crippen molar-refractivity contribution in [1.82, 2.24) is 10.2 Å². The van der Waals surface area contributed by atoms with E-state index in [9.17, 15) is 14.4 Å². The van der Waals surface area contributed by atoms with Crippen molar-refractivity contribution in [3.63, 3.8) is 0 Å². The molecule has 0 unspecified atom stereocenters. The smallest absolute Gasteiger partial charge is 0.270 e. The lowest BCUT2D eigenvalue weighted by Crippen LogP contribution is -2.52. The summed E-state index contributed by atoms with van der Waals surface area (Å²) in [5, 5.41) is 5.66. The molecule has 2 atom stereocenters. The van der Waals surface area contributed by atoms with Crippen LogP contribution < -0.4 is 21.1 Å². The summed E-state index contributed by atoms with van der Waals surface area (Å²) in [6.45, 7) is 0.178. The van der Waals surface area contributed by atoms with Crippen molar-refractivity contribution in [3.05, 3.63) is 23.8 Å². The van der Waals surface area contributed by atoms with Gasteiger partial charge in [0.05, 0.1) is 11.7 Å². The first kappa shape index (κ1) is 18.0. The van der Waals surface area contributed by atoms with E-state index >= 15 is 0 Å². The van der Waals surface area contributed by atoms with Crippen LogP contribution in [0.3, 0.4) is 0 Å². The maximum atomic E-state index is 12.4. The molecule has 0 aromatic heterocycles. The lowest BCUT2D eigenvalue weighted by molar-refractivity contribution is -0.131. The predicted octanol–water partition coefficient (Wildman–Crippen LogP) is -0.273. The number of amides is 3. The minimum atomic E-state index is -1.19. The van der Waals surface area contributed by atoms with Crippen molar-refractivity contribution in [2.75, 3.05) is 26.0 Å². The molecule has 130 valence electrons. The maximum absolute atomic E-state index is 12.4. The Bertz CT molecular complexity index is 709. The highest BCUT2D eigenvalue weighted by Crippen LogP contribution is 2.38. The molecule has 3 amide bonds. The fourth-order valence-corrected chi connectivity index (χ4v) is 2.81. The monoisotopic (exact) mass is 354 g/mol. The van der Waals surface area contributed by atoms with Crippen LogP contribution in [-0.4, -0.2) is 54.9 Å². The first-order valence-corrected chi connectivity index (χ1v) is 7.21. The summed E-state index contributed by atoms with van der Waals surface area (Å²) in [7, 11) is 3.31. The number of nitrogens with two attached hydrogens (primary N) is 1. The van der Waals surface area contributed by atoms with Gasteiger partial charge >= 0.3 is 0 Å². The normalized spacial score (nSPS) is 24.4. The van der Waals surface area contributed by atoms with E-state index in [-0.39, 0.29) is 37.2 Å². The molecule has 0 saturated carbocycles. The van der Waals surface area contributed by atoms with Crippen molar-refractivity contribution in [2.24, 2.45) is 5.73 Å². The summed E-state index contributed by atoms with van der Waals surface area (Å²) < 4.78 is 5.89. The third-order valence-electron chi connectivity index (χ3n) is 4.11. The van der Waals surface area contributed by atoms with Crippen molar-refractivity contribution >= 4 is 35.8 Å². The van der Waals surface area contributed by atoms with E-state index in [1.807, 2.05) is 0 Å². The topological polar surface area (TPSA) is 114 Å². The molecule has 24 heavy (non-hydrogen) atoms. The number of anilines is 1. The SMILES string of the molecule is CN(C)C(=O)c1ccc2c(c1)O[C@]1(CN[C@H](C(N)=O)C1)C(=O)N2.Cl. The van der Waals surface area contributed by atoms with Crippen LogP contribution in [0.2, 0.25) is 0 Å². The Morgan fingerprint density at radius 3 is 2.67 bits per heavy atom. The number of hydrogen-bond donors (Lipinski definition) is 3. The van der Waals surface area contributed by atoms with Crippen molar-refractivity contribution in [1.29, 1.82) is 0 Å². The third kappa shape index (κ3) is 2.90. The second kappa shape index (κ2) is 6.29. The Hall–Kier alpha value is -2.32.